The number of carbonyl (C=O) groups is 2. The molecule has 0 bridgehead atoms. The van der Waals surface area contributed by atoms with E-state index in [9.17, 15) is 14.7 Å². The third-order valence-electron chi connectivity index (χ3n) is 4.21. The van der Waals surface area contributed by atoms with E-state index in [0.29, 0.717) is 6.42 Å². The zero-order valence-corrected chi connectivity index (χ0v) is 14.1. The highest BCUT2D eigenvalue weighted by atomic mass is 16.4. The van der Waals surface area contributed by atoms with Gasteiger partial charge in [-0.3, -0.25) is 9.48 Å². The number of hydrogen-bond donors (Lipinski definition) is 2. The summed E-state index contributed by atoms with van der Waals surface area (Å²) in [7, 11) is 0. The van der Waals surface area contributed by atoms with Crippen molar-refractivity contribution in [2.24, 2.45) is 5.92 Å². The van der Waals surface area contributed by atoms with Crippen molar-refractivity contribution in [3.8, 4) is 0 Å². The maximum absolute atomic E-state index is 12.3. The number of aryl methyl sites for hydroxylation is 1. The van der Waals surface area contributed by atoms with Crippen LogP contribution in [0, 0.1) is 12.8 Å². The second-order valence-corrected chi connectivity index (χ2v) is 5.76. The normalized spacial score (nSPS) is 13.9. The molecule has 22 heavy (non-hydrogen) atoms. The molecular formula is C16H27N3O3. The molecule has 0 saturated heterocycles. The topological polar surface area (TPSA) is 84.2 Å². The quantitative estimate of drug-likeness (QED) is 0.773. The molecule has 0 aliphatic rings. The van der Waals surface area contributed by atoms with Crippen LogP contribution >= 0.6 is 0 Å². The number of rotatable bonds is 8. The van der Waals surface area contributed by atoms with Crippen LogP contribution in [0.2, 0.25) is 0 Å². The van der Waals surface area contributed by atoms with E-state index in [1.54, 1.807) is 6.07 Å². The van der Waals surface area contributed by atoms with Gasteiger partial charge >= 0.3 is 5.97 Å². The van der Waals surface area contributed by atoms with Crippen LogP contribution in [-0.4, -0.2) is 32.8 Å². The monoisotopic (exact) mass is 309 g/mol. The summed E-state index contributed by atoms with van der Waals surface area (Å²) in [5.41, 5.74) is 1.19. The molecule has 1 aromatic rings. The lowest BCUT2D eigenvalue weighted by molar-refractivity contribution is -0.140. The van der Waals surface area contributed by atoms with E-state index in [1.807, 2.05) is 25.5 Å². The molecule has 124 valence electrons. The number of carbonyl (C=O) groups excluding carboxylic acids is 1. The highest BCUT2D eigenvalue weighted by Gasteiger charge is 2.27. The van der Waals surface area contributed by atoms with Crippen LogP contribution < -0.4 is 5.32 Å². The Hall–Kier alpha value is -1.85. The largest absolute Gasteiger partial charge is 0.480 e. The van der Waals surface area contributed by atoms with Gasteiger partial charge in [-0.1, -0.05) is 34.1 Å². The van der Waals surface area contributed by atoms with Gasteiger partial charge in [-0.25, -0.2) is 4.79 Å². The fraction of sp³-hybridized carbons (Fsp3) is 0.688. The van der Waals surface area contributed by atoms with Crippen molar-refractivity contribution in [1.29, 1.82) is 0 Å². The van der Waals surface area contributed by atoms with Crippen molar-refractivity contribution in [3.05, 3.63) is 17.5 Å². The number of aromatic nitrogens is 2. The van der Waals surface area contributed by atoms with Crippen molar-refractivity contribution in [3.63, 3.8) is 0 Å². The Morgan fingerprint density at radius 3 is 2.32 bits per heavy atom. The maximum Gasteiger partial charge on any atom is 0.326 e. The number of amides is 1. The summed E-state index contributed by atoms with van der Waals surface area (Å²) in [5.74, 6) is -1.58. The lowest BCUT2D eigenvalue weighted by Crippen LogP contribution is -2.45. The molecule has 1 amide bonds. The van der Waals surface area contributed by atoms with E-state index in [1.165, 1.54) is 0 Å². The van der Waals surface area contributed by atoms with Crippen LogP contribution in [-0.2, 0) is 4.79 Å². The second kappa shape index (κ2) is 7.96. The molecule has 0 aromatic carbocycles. The van der Waals surface area contributed by atoms with E-state index in [2.05, 4.69) is 24.3 Å². The Morgan fingerprint density at radius 1 is 1.27 bits per heavy atom. The van der Waals surface area contributed by atoms with E-state index >= 15 is 0 Å². The van der Waals surface area contributed by atoms with Crippen molar-refractivity contribution >= 4 is 11.9 Å². The first-order valence-corrected chi connectivity index (χ1v) is 7.95. The molecule has 0 saturated carbocycles. The predicted octanol–water partition coefficient (Wildman–Crippen LogP) is 2.78. The summed E-state index contributed by atoms with van der Waals surface area (Å²) >= 11 is 0. The molecule has 0 radical (unpaired) electrons. The average molecular weight is 309 g/mol. The molecule has 6 nitrogen and oxygen atoms in total. The Labute approximate surface area is 131 Å². The number of hydrogen-bond acceptors (Lipinski definition) is 3. The number of carboxylic acid groups (broad SMARTS) is 1. The highest BCUT2D eigenvalue weighted by molar-refractivity contribution is 5.95. The molecule has 2 N–H and O–H groups in total. The van der Waals surface area contributed by atoms with Crippen LogP contribution in [0.5, 0.6) is 0 Å². The fourth-order valence-corrected chi connectivity index (χ4v) is 2.50. The number of aliphatic carboxylic acids is 1. The van der Waals surface area contributed by atoms with Gasteiger partial charge in [-0.05, 0) is 31.7 Å². The molecule has 2 unspecified atom stereocenters. The minimum absolute atomic E-state index is 0.135. The van der Waals surface area contributed by atoms with Crippen LogP contribution in [0.3, 0.4) is 0 Å². The Morgan fingerprint density at radius 2 is 1.86 bits per heavy atom. The van der Waals surface area contributed by atoms with Gasteiger partial charge in [-0.15, -0.1) is 0 Å². The average Bonchev–Trinajstić information content (AvgIpc) is 2.87. The van der Waals surface area contributed by atoms with Crippen LogP contribution in [0.1, 0.15) is 69.2 Å². The Kier molecular flexibility index (Phi) is 6.59. The predicted molar refractivity (Wildman–Crippen MR) is 84.9 cm³/mol. The summed E-state index contributed by atoms with van der Waals surface area (Å²) < 4.78 is 1.86. The van der Waals surface area contributed by atoms with E-state index in [0.717, 1.165) is 18.5 Å². The van der Waals surface area contributed by atoms with E-state index < -0.39 is 17.9 Å². The first-order valence-electron chi connectivity index (χ1n) is 7.95. The summed E-state index contributed by atoms with van der Waals surface area (Å²) in [6.45, 7) is 9.79. The Bertz CT molecular complexity index is 521. The van der Waals surface area contributed by atoms with Gasteiger partial charge in [0.05, 0.1) is 6.04 Å². The van der Waals surface area contributed by atoms with Crippen molar-refractivity contribution in [2.75, 3.05) is 0 Å². The van der Waals surface area contributed by atoms with Gasteiger partial charge in [0.25, 0.3) is 5.91 Å². The molecule has 0 aliphatic carbocycles. The minimum Gasteiger partial charge on any atom is -0.480 e. The zero-order valence-electron chi connectivity index (χ0n) is 14.1. The maximum atomic E-state index is 12.3. The van der Waals surface area contributed by atoms with Gasteiger partial charge in [0.15, 0.2) is 0 Å². The summed E-state index contributed by atoms with van der Waals surface area (Å²) in [6, 6.07) is 1.07. The SMILES string of the molecule is CCC(C)C(NC(=O)c1cc(C)n(C(CC)CC)n1)C(=O)O. The standard InChI is InChI=1S/C16H27N3O3/c1-6-10(4)14(16(21)22)17-15(20)13-9-11(5)19(18-13)12(7-2)8-3/h9-10,12,14H,6-8H2,1-5H3,(H,17,20)(H,21,22). The lowest BCUT2D eigenvalue weighted by Gasteiger charge is -2.19. The molecule has 0 fully saturated rings. The number of nitrogens with one attached hydrogen (secondary N) is 1. The van der Waals surface area contributed by atoms with E-state index in [-0.39, 0.29) is 17.7 Å². The summed E-state index contributed by atoms with van der Waals surface area (Å²) in [6.07, 6.45) is 2.55. The molecular weight excluding hydrogens is 282 g/mol. The summed E-state index contributed by atoms with van der Waals surface area (Å²) in [4.78, 5) is 23.6. The summed E-state index contributed by atoms with van der Waals surface area (Å²) in [5, 5.41) is 16.2. The van der Waals surface area contributed by atoms with Gasteiger partial charge < -0.3 is 10.4 Å². The number of carboxylic acids is 1. The second-order valence-electron chi connectivity index (χ2n) is 5.76. The van der Waals surface area contributed by atoms with Gasteiger partial charge in [-0.2, -0.15) is 5.10 Å². The van der Waals surface area contributed by atoms with Crippen LogP contribution in [0.4, 0.5) is 0 Å². The van der Waals surface area contributed by atoms with Gasteiger partial charge in [0.2, 0.25) is 0 Å². The zero-order chi connectivity index (χ0) is 16.9. The number of nitrogens with zero attached hydrogens (tertiary/aromatic N) is 2. The van der Waals surface area contributed by atoms with Crippen LogP contribution in [0.25, 0.3) is 0 Å². The molecule has 1 aromatic heterocycles. The minimum atomic E-state index is -1.01. The van der Waals surface area contributed by atoms with Gasteiger partial charge in [0.1, 0.15) is 11.7 Å². The molecule has 2 atom stereocenters. The highest BCUT2D eigenvalue weighted by Crippen LogP contribution is 2.18. The first-order chi connectivity index (χ1) is 10.3. The molecule has 0 aliphatic heterocycles. The van der Waals surface area contributed by atoms with Crippen molar-refractivity contribution in [1.82, 2.24) is 15.1 Å². The smallest absolute Gasteiger partial charge is 0.326 e. The molecule has 1 rings (SSSR count). The Balaban J connectivity index is 2.94. The van der Waals surface area contributed by atoms with Crippen molar-refractivity contribution in [2.45, 2.75) is 66.0 Å². The first kappa shape index (κ1) is 18.2. The molecule has 6 heteroatoms. The fourth-order valence-electron chi connectivity index (χ4n) is 2.50. The van der Waals surface area contributed by atoms with Gasteiger partial charge in [0, 0.05) is 5.69 Å². The molecule has 0 spiro atoms. The van der Waals surface area contributed by atoms with Crippen molar-refractivity contribution < 1.29 is 14.7 Å². The third-order valence-corrected chi connectivity index (χ3v) is 4.21. The lowest BCUT2D eigenvalue weighted by atomic mass is 9.99. The van der Waals surface area contributed by atoms with E-state index in [4.69, 9.17) is 0 Å². The third kappa shape index (κ3) is 4.08. The van der Waals surface area contributed by atoms with Crippen LogP contribution in [0.15, 0.2) is 6.07 Å². The molecule has 1 heterocycles.